The molecule has 1 unspecified atom stereocenters. The number of carbonyl (C=O) groups excluding carboxylic acids is 3. The van der Waals surface area contributed by atoms with E-state index >= 15 is 0 Å². The first kappa shape index (κ1) is 20.5. The minimum absolute atomic E-state index is 0.0724. The highest BCUT2D eigenvalue weighted by Gasteiger charge is 2.52. The smallest absolute Gasteiger partial charge is 0.325 e. The van der Waals surface area contributed by atoms with Crippen molar-refractivity contribution in [1.82, 2.24) is 15.5 Å². The molecular weight excluding hydrogens is 386 g/mol. The number of nitrogens with zero attached hydrogens (tertiary/aromatic N) is 1. The Hall–Kier alpha value is -2.77. The van der Waals surface area contributed by atoms with Gasteiger partial charge < -0.3 is 20.1 Å². The summed E-state index contributed by atoms with van der Waals surface area (Å²) >= 11 is 0. The van der Waals surface area contributed by atoms with Gasteiger partial charge in [-0.3, -0.25) is 14.5 Å². The molecule has 0 bridgehead atoms. The molecule has 0 aromatic heterocycles. The molecule has 1 aliphatic carbocycles. The van der Waals surface area contributed by atoms with Gasteiger partial charge in [0.05, 0.1) is 6.04 Å². The lowest BCUT2D eigenvalue weighted by Crippen LogP contribution is -2.44. The molecule has 4 rings (SSSR count). The van der Waals surface area contributed by atoms with Crippen molar-refractivity contribution in [3.63, 3.8) is 0 Å². The van der Waals surface area contributed by atoms with Crippen LogP contribution in [0, 0.1) is 5.92 Å². The van der Waals surface area contributed by atoms with Crippen LogP contribution >= 0.6 is 0 Å². The number of carbonyl (C=O) groups is 3. The second kappa shape index (κ2) is 8.16. The Kier molecular flexibility index (Phi) is 5.58. The Bertz CT molecular complexity index is 847. The van der Waals surface area contributed by atoms with Gasteiger partial charge in [0, 0.05) is 13.0 Å². The fourth-order valence-electron chi connectivity index (χ4n) is 4.54. The van der Waals surface area contributed by atoms with Crippen molar-refractivity contribution < 1.29 is 23.9 Å². The highest BCUT2D eigenvalue weighted by Crippen LogP contribution is 2.36. The van der Waals surface area contributed by atoms with E-state index in [1.54, 1.807) is 0 Å². The molecule has 30 heavy (non-hydrogen) atoms. The molecule has 1 aromatic rings. The number of urea groups is 1. The number of hydrogen-bond acceptors (Lipinski definition) is 5. The molecule has 2 aliphatic heterocycles. The van der Waals surface area contributed by atoms with Crippen molar-refractivity contribution >= 4 is 17.8 Å². The van der Waals surface area contributed by atoms with Gasteiger partial charge in [-0.1, -0.05) is 32.8 Å². The number of hydrogen-bond donors (Lipinski definition) is 2. The van der Waals surface area contributed by atoms with Gasteiger partial charge >= 0.3 is 6.03 Å². The fourth-order valence-corrected chi connectivity index (χ4v) is 4.54. The predicted molar refractivity (Wildman–Crippen MR) is 109 cm³/mol. The molecule has 3 aliphatic rings. The van der Waals surface area contributed by atoms with Gasteiger partial charge in [0.1, 0.15) is 18.8 Å². The molecular formula is C22H29N3O5. The third-order valence-electron chi connectivity index (χ3n) is 6.17. The Morgan fingerprint density at radius 3 is 2.57 bits per heavy atom. The Labute approximate surface area is 176 Å². The van der Waals surface area contributed by atoms with E-state index in [1.165, 1.54) is 4.90 Å². The summed E-state index contributed by atoms with van der Waals surface area (Å²) in [6.07, 6.45) is 3.31. The lowest BCUT2D eigenvalue weighted by atomic mass is 9.95. The van der Waals surface area contributed by atoms with Crippen molar-refractivity contribution in [2.75, 3.05) is 19.8 Å². The van der Waals surface area contributed by atoms with E-state index in [0.717, 1.165) is 18.4 Å². The largest absolute Gasteiger partial charge is 0.486 e. The number of rotatable bonds is 6. The van der Waals surface area contributed by atoms with Crippen LogP contribution in [-0.2, 0) is 9.59 Å². The standard InChI is InChI=1S/C22H29N3O5/c1-14(2)19(15-5-6-16-17(13-15)30-12-11-29-16)23-18(26)7-10-25-20(27)22(24-21(25)28)8-3-4-9-22/h5-6,13-14,19H,3-4,7-12H2,1-2H3,(H,23,26)(H,24,28). The molecule has 8 heteroatoms. The highest BCUT2D eigenvalue weighted by atomic mass is 16.6. The van der Waals surface area contributed by atoms with Gasteiger partial charge in [-0.25, -0.2) is 4.79 Å². The summed E-state index contributed by atoms with van der Waals surface area (Å²) in [5.74, 6) is 1.15. The van der Waals surface area contributed by atoms with Crippen LogP contribution in [-0.4, -0.2) is 48.0 Å². The maximum absolute atomic E-state index is 12.7. The Morgan fingerprint density at radius 2 is 1.87 bits per heavy atom. The third kappa shape index (κ3) is 3.82. The Balaban J connectivity index is 1.38. The molecule has 162 valence electrons. The van der Waals surface area contributed by atoms with E-state index in [4.69, 9.17) is 9.47 Å². The summed E-state index contributed by atoms with van der Waals surface area (Å²) in [6.45, 7) is 5.18. The van der Waals surface area contributed by atoms with Gasteiger partial charge in [0.25, 0.3) is 5.91 Å². The van der Waals surface area contributed by atoms with Crippen molar-refractivity contribution in [1.29, 1.82) is 0 Å². The van der Waals surface area contributed by atoms with Crippen molar-refractivity contribution in [2.24, 2.45) is 5.92 Å². The molecule has 1 atom stereocenters. The molecule has 1 saturated carbocycles. The number of benzene rings is 1. The molecule has 4 amide bonds. The van der Waals surface area contributed by atoms with Crippen LogP contribution in [0.15, 0.2) is 18.2 Å². The van der Waals surface area contributed by atoms with Crippen LogP contribution in [0.4, 0.5) is 4.79 Å². The summed E-state index contributed by atoms with van der Waals surface area (Å²) in [7, 11) is 0. The first-order valence-electron chi connectivity index (χ1n) is 10.7. The number of ether oxygens (including phenoxy) is 2. The van der Waals surface area contributed by atoms with Gasteiger partial charge in [-0.2, -0.15) is 0 Å². The number of fused-ring (bicyclic) bond motifs is 1. The van der Waals surface area contributed by atoms with E-state index < -0.39 is 5.54 Å². The Morgan fingerprint density at radius 1 is 1.17 bits per heavy atom. The average Bonchev–Trinajstić information content (AvgIpc) is 3.29. The molecule has 1 saturated heterocycles. The molecule has 2 heterocycles. The molecule has 0 radical (unpaired) electrons. The zero-order valence-corrected chi connectivity index (χ0v) is 17.5. The normalized spacial score (nSPS) is 20.6. The number of imide groups is 1. The number of nitrogens with one attached hydrogen (secondary N) is 2. The predicted octanol–water partition coefficient (Wildman–Crippen LogP) is 2.53. The van der Waals surface area contributed by atoms with E-state index in [2.05, 4.69) is 10.6 Å². The third-order valence-corrected chi connectivity index (χ3v) is 6.17. The second-order valence-corrected chi connectivity index (χ2v) is 8.62. The zero-order chi connectivity index (χ0) is 21.3. The minimum atomic E-state index is -0.737. The van der Waals surface area contributed by atoms with E-state index in [-0.39, 0.29) is 42.8 Å². The molecule has 2 N–H and O–H groups in total. The van der Waals surface area contributed by atoms with Crippen molar-refractivity contribution in [3.8, 4) is 11.5 Å². The summed E-state index contributed by atoms with van der Waals surface area (Å²) in [4.78, 5) is 38.9. The van der Waals surface area contributed by atoms with Crippen molar-refractivity contribution in [2.45, 2.75) is 57.5 Å². The zero-order valence-electron chi connectivity index (χ0n) is 17.5. The van der Waals surface area contributed by atoms with Gasteiger partial charge in [0.2, 0.25) is 5.91 Å². The van der Waals surface area contributed by atoms with Crippen LogP contribution in [0.5, 0.6) is 11.5 Å². The monoisotopic (exact) mass is 415 g/mol. The summed E-state index contributed by atoms with van der Waals surface area (Å²) in [6, 6.07) is 5.10. The van der Waals surface area contributed by atoms with Crippen LogP contribution in [0.2, 0.25) is 0 Å². The number of amides is 4. The van der Waals surface area contributed by atoms with Crippen LogP contribution in [0.1, 0.15) is 57.6 Å². The van der Waals surface area contributed by atoms with Crippen molar-refractivity contribution in [3.05, 3.63) is 23.8 Å². The second-order valence-electron chi connectivity index (χ2n) is 8.62. The van der Waals surface area contributed by atoms with Crippen LogP contribution < -0.4 is 20.1 Å². The summed E-state index contributed by atoms with van der Waals surface area (Å²) < 4.78 is 11.2. The molecule has 2 fully saturated rings. The van der Waals surface area contributed by atoms with Crippen LogP contribution in [0.3, 0.4) is 0 Å². The first-order valence-corrected chi connectivity index (χ1v) is 10.7. The average molecular weight is 415 g/mol. The maximum atomic E-state index is 12.7. The molecule has 1 aromatic carbocycles. The lowest BCUT2D eigenvalue weighted by molar-refractivity contribution is -0.131. The van der Waals surface area contributed by atoms with E-state index in [9.17, 15) is 14.4 Å². The van der Waals surface area contributed by atoms with Gasteiger partial charge in [-0.05, 0) is 36.5 Å². The van der Waals surface area contributed by atoms with E-state index in [0.29, 0.717) is 37.6 Å². The minimum Gasteiger partial charge on any atom is -0.486 e. The van der Waals surface area contributed by atoms with E-state index in [1.807, 2.05) is 32.0 Å². The maximum Gasteiger partial charge on any atom is 0.325 e. The molecule has 1 spiro atoms. The van der Waals surface area contributed by atoms with Gasteiger partial charge in [0.15, 0.2) is 11.5 Å². The summed E-state index contributed by atoms with van der Waals surface area (Å²) in [5.41, 5.74) is 0.196. The first-order chi connectivity index (χ1) is 14.4. The van der Waals surface area contributed by atoms with Crippen LogP contribution in [0.25, 0.3) is 0 Å². The SMILES string of the molecule is CC(C)C(NC(=O)CCN1C(=O)NC2(CCCC2)C1=O)c1ccc2c(c1)OCCO2. The highest BCUT2D eigenvalue weighted by molar-refractivity contribution is 6.07. The quantitative estimate of drug-likeness (QED) is 0.696. The fraction of sp³-hybridized carbons (Fsp3) is 0.591. The van der Waals surface area contributed by atoms with Gasteiger partial charge in [-0.15, -0.1) is 0 Å². The topological polar surface area (TPSA) is 97.0 Å². The lowest BCUT2D eigenvalue weighted by Gasteiger charge is -2.26. The molecule has 8 nitrogen and oxygen atoms in total. The summed E-state index contributed by atoms with van der Waals surface area (Å²) in [5, 5.41) is 5.90.